The first kappa shape index (κ1) is 20.2. The zero-order chi connectivity index (χ0) is 21.3. The molecule has 1 aromatic heterocycles. The highest BCUT2D eigenvalue weighted by Crippen LogP contribution is 2.35. The molecule has 0 radical (unpaired) electrons. The fourth-order valence-electron chi connectivity index (χ4n) is 4.44. The number of aromatic hydroxyl groups is 1. The number of hydrogen-bond acceptors (Lipinski definition) is 4. The van der Waals surface area contributed by atoms with Gasteiger partial charge in [0.1, 0.15) is 11.3 Å². The minimum absolute atomic E-state index is 0.0398. The molecular weight excluding hydrogens is 374 g/mol. The summed E-state index contributed by atoms with van der Waals surface area (Å²) in [6.45, 7) is 5.07. The topological polar surface area (TPSA) is 58.4 Å². The Morgan fingerprint density at radius 2 is 1.97 bits per heavy atom. The Morgan fingerprint density at radius 3 is 2.67 bits per heavy atom. The molecule has 0 bridgehead atoms. The number of fused-ring (bicyclic) bond motifs is 3. The first-order valence-electron chi connectivity index (χ1n) is 10.8. The molecule has 5 heteroatoms. The summed E-state index contributed by atoms with van der Waals surface area (Å²) in [6, 6.07) is 9.46. The van der Waals surface area contributed by atoms with Gasteiger partial charge in [0.15, 0.2) is 0 Å². The number of phenolic OH excluding ortho intramolecular Hbond substituents is 1. The first-order valence-corrected chi connectivity index (χ1v) is 10.8. The molecule has 0 saturated heterocycles. The van der Waals surface area contributed by atoms with Crippen LogP contribution in [0.25, 0.3) is 17.0 Å². The minimum atomic E-state index is 0.0398. The summed E-state index contributed by atoms with van der Waals surface area (Å²) < 4.78 is 1.82. The van der Waals surface area contributed by atoms with Crippen LogP contribution in [-0.2, 0) is 6.42 Å². The van der Waals surface area contributed by atoms with E-state index in [1.165, 1.54) is 0 Å². The van der Waals surface area contributed by atoms with E-state index in [-0.39, 0.29) is 17.4 Å². The normalized spacial score (nSPS) is 14.2. The maximum Gasteiger partial charge on any atom is 0.261 e. The Labute approximate surface area is 177 Å². The van der Waals surface area contributed by atoms with Crippen LogP contribution in [-0.4, -0.2) is 28.3 Å². The van der Waals surface area contributed by atoms with Crippen LogP contribution in [0.15, 0.2) is 47.5 Å². The van der Waals surface area contributed by atoms with Crippen molar-refractivity contribution in [3.05, 3.63) is 69.8 Å². The second-order valence-electron chi connectivity index (χ2n) is 8.13. The monoisotopic (exact) mass is 403 g/mol. The predicted molar refractivity (Wildman–Crippen MR) is 123 cm³/mol. The van der Waals surface area contributed by atoms with E-state index in [2.05, 4.69) is 30.9 Å². The smallest absolute Gasteiger partial charge is 0.261 e. The predicted octanol–water partition coefficient (Wildman–Crippen LogP) is 4.91. The number of hydrogen-bond donors (Lipinski definition) is 1. The van der Waals surface area contributed by atoms with Crippen molar-refractivity contribution in [2.75, 3.05) is 18.5 Å². The van der Waals surface area contributed by atoms with E-state index in [1.54, 1.807) is 18.5 Å². The minimum Gasteiger partial charge on any atom is -0.508 e. The van der Waals surface area contributed by atoms with Crippen molar-refractivity contribution < 1.29 is 5.11 Å². The quantitative estimate of drug-likeness (QED) is 0.635. The van der Waals surface area contributed by atoms with Crippen molar-refractivity contribution in [2.45, 2.75) is 45.6 Å². The lowest BCUT2D eigenvalue weighted by Gasteiger charge is -2.27. The molecule has 0 fully saturated rings. The molecular formula is C25H29N3O2. The molecule has 4 rings (SSSR count). The molecule has 156 valence electrons. The fourth-order valence-corrected chi connectivity index (χ4v) is 4.44. The Bertz CT molecular complexity index is 1150. The summed E-state index contributed by atoms with van der Waals surface area (Å²) in [5, 5.41) is 10.3. The second-order valence-corrected chi connectivity index (χ2v) is 8.13. The third kappa shape index (κ3) is 3.60. The molecule has 1 N–H and O–H groups in total. The molecule has 0 spiro atoms. The zero-order valence-corrected chi connectivity index (χ0v) is 17.9. The van der Waals surface area contributed by atoms with E-state index in [4.69, 9.17) is 4.98 Å². The van der Waals surface area contributed by atoms with Crippen LogP contribution < -0.4 is 10.5 Å². The van der Waals surface area contributed by atoms with Crippen LogP contribution in [0.4, 0.5) is 5.69 Å². The van der Waals surface area contributed by atoms with Gasteiger partial charge in [-0.2, -0.15) is 0 Å². The summed E-state index contributed by atoms with van der Waals surface area (Å²) in [5.74, 6) is 0.257. The molecule has 2 aromatic carbocycles. The van der Waals surface area contributed by atoms with Gasteiger partial charge in [0, 0.05) is 25.2 Å². The molecule has 0 saturated carbocycles. The average Bonchev–Trinajstić information content (AvgIpc) is 2.75. The SMILES string of the molecule is CCCC(CC)n1cnc2c3c(c(Cc4ccc(O)cc4)cc2c1=O)C=CCN3C. The summed E-state index contributed by atoms with van der Waals surface area (Å²) in [4.78, 5) is 20.4. The molecule has 5 nitrogen and oxygen atoms in total. The molecule has 1 atom stereocenters. The highest BCUT2D eigenvalue weighted by molar-refractivity contribution is 5.97. The number of anilines is 1. The van der Waals surface area contributed by atoms with Gasteiger partial charge in [0.05, 0.1) is 17.4 Å². The van der Waals surface area contributed by atoms with Gasteiger partial charge in [-0.1, -0.05) is 44.6 Å². The lowest BCUT2D eigenvalue weighted by molar-refractivity contribution is 0.433. The second kappa shape index (κ2) is 8.34. The van der Waals surface area contributed by atoms with Crippen molar-refractivity contribution >= 4 is 22.7 Å². The Morgan fingerprint density at radius 1 is 1.20 bits per heavy atom. The van der Waals surface area contributed by atoms with E-state index in [0.29, 0.717) is 11.8 Å². The van der Waals surface area contributed by atoms with Gasteiger partial charge in [-0.3, -0.25) is 9.36 Å². The summed E-state index contributed by atoms with van der Waals surface area (Å²) >= 11 is 0. The molecule has 1 aliphatic rings. The molecule has 0 amide bonds. The number of rotatable bonds is 6. The third-order valence-corrected chi connectivity index (χ3v) is 6.04. The third-order valence-electron chi connectivity index (χ3n) is 6.04. The summed E-state index contributed by atoms with van der Waals surface area (Å²) in [5.41, 5.74) is 5.16. The number of nitrogens with zero attached hydrogens (tertiary/aromatic N) is 3. The van der Waals surface area contributed by atoms with Crippen molar-refractivity contribution in [3.8, 4) is 5.75 Å². The average molecular weight is 404 g/mol. The van der Waals surface area contributed by atoms with E-state index in [1.807, 2.05) is 29.8 Å². The van der Waals surface area contributed by atoms with Crippen LogP contribution in [0.3, 0.4) is 0 Å². The van der Waals surface area contributed by atoms with Gasteiger partial charge in [0.25, 0.3) is 5.56 Å². The number of likely N-dealkylation sites (N-methyl/N-ethyl adjacent to an activating group) is 1. The maximum absolute atomic E-state index is 13.5. The van der Waals surface area contributed by atoms with Crippen LogP contribution in [0.1, 0.15) is 55.8 Å². The van der Waals surface area contributed by atoms with Crippen LogP contribution >= 0.6 is 0 Å². The maximum atomic E-state index is 13.5. The van der Waals surface area contributed by atoms with Crippen molar-refractivity contribution in [3.63, 3.8) is 0 Å². The number of aromatic nitrogens is 2. The van der Waals surface area contributed by atoms with Gasteiger partial charge in [-0.15, -0.1) is 0 Å². The van der Waals surface area contributed by atoms with Crippen LogP contribution in [0.2, 0.25) is 0 Å². The Kier molecular flexibility index (Phi) is 5.62. The zero-order valence-electron chi connectivity index (χ0n) is 17.9. The Hall–Kier alpha value is -3.08. The van der Waals surface area contributed by atoms with Gasteiger partial charge < -0.3 is 10.0 Å². The summed E-state index contributed by atoms with van der Waals surface area (Å²) in [7, 11) is 2.05. The number of benzene rings is 2. The van der Waals surface area contributed by atoms with E-state index < -0.39 is 0 Å². The highest BCUT2D eigenvalue weighted by Gasteiger charge is 2.22. The standard InChI is InChI=1S/C25H29N3O2/c1-4-7-19(5-2)28-16-26-23-22(25(28)30)15-18(14-17-9-11-20(29)12-10-17)21-8-6-13-27(3)24(21)23/h6,8-12,15-16,19,29H,4-5,7,13-14H2,1-3H3. The van der Waals surface area contributed by atoms with E-state index in [0.717, 1.165) is 53.7 Å². The Balaban J connectivity index is 1.92. The largest absolute Gasteiger partial charge is 0.508 e. The lowest BCUT2D eigenvalue weighted by atomic mass is 9.93. The molecule has 3 aromatic rings. The van der Waals surface area contributed by atoms with Gasteiger partial charge in [-0.25, -0.2) is 4.98 Å². The number of phenols is 1. The van der Waals surface area contributed by atoms with Gasteiger partial charge >= 0.3 is 0 Å². The molecule has 2 heterocycles. The molecule has 0 aliphatic carbocycles. The fraction of sp³-hybridized carbons (Fsp3) is 0.360. The van der Waals surface area contributed by atoms with Crippen molar-refractivity contribution in [2.24, 2.45) is 0 Å². The van der Waals surface area contributed by atoms with Crippen molar-refractivity contribution in [1.29, 1.82) is 0 Å². The van der Waals surface area contributed by atoms with Gasteiger partial charge in [0.2, 0.25) is 0 Å². The summed E-state index contributed by atoms with van der Waals surface area (Å²) in [6.07, 6.45) is 9.63. The lowest BCUT2D eigenvalue weighted by Crippen LogP contribution is -2.27. The van der Waals surface area contributed by atoms with E-state index >= 15 is 0 Å². The van der Waals surface area contributed by atoms with E-state index in [9.17, 15) is 9.90 Å². The highest BCUT2D eigenvalue weighted by atomic mass is 16.3. The molecule has 30 heavy (non-hydrogen) atoms. The van der Waals surface area contributed by atoms with Crippen LogP contribution in [0.5, 0.6) is 5.75 Å². The van der Waals surface area contributed by atoms with Crippen LogP contribution in [0, 0.1) is 0 Å². The van der Waals surface area contributed by atoms with Gasteiger partial charge in [-0.05, 0) is 48.6 Å². The van der Waals surface area contributed by atoms with Crippen molar-refractivity contribution in [1.82, 2.24) is 9.55 Å². The first-order chi connectivity index (χ1) is 14.5. The molecule has 1 unspecified atom stereocenters. The molecule has 1 aliphatic heterocycles.